The number of hydroxylamine groups is 2. The topological polar surface area (TPSA) is 107 Å². The molecule has 1 saturated heterocycles. The summed E-state index contributed by atoms with van der Waals surface area (Å²) >= 11 is 7.24. The van der Waals surface area contributed by atoms with Crippen LogP contribution in [0.1, 0.15) is 122 Å². The molecule has 3 heterocycles. The molecule has 3 aliphatic heterocycles. The van der Waals surface area contributed by atoms with Crippen molar-refractivity contribution in [1.29, 1.82) is 0 Å². The molecule has 1 aliphatic carbocycles. The number of amides is 2. The van der Waals surface area contributed by atoms with Crippen molar-refractivity contribution in [2.75, 3.05) is 18.0 Å². The van der Waals surface area contributed by atoms with Gasteiger partial charge in [-0.3, -0.25) is 14.4 Å². The number of hydrogen-bond acceptors (Lipinski definition) is 6. The Balaban J connectivity index is 1.18. The maximum Gasteiger partial charge on any atom is 0.333 e. The fourth-order valence-corrected chi connectivity index (χ4v) is 8.89. The Morgan fingerprint density at radius 3 is 2.23 bits per heavy atom. The molecule has 2 amide bonds. The Morgan fingerprint density at radius 1 is 0.804 bits per heavy atom. The number of carboxylic acid groups (broad SMARTS) is 1. The number of rotatable bonds is 16. The Kier molecular flexibility index (Phi) is 12.8. The summed E-state index contributed by atoms with van der Waals surface area (Å²) in [4.78, 5) is 54.4. The van der Waals surface area contributed by atoms with E-state index in [1.165, 1.54) is 33.9 Å². The van der Waals surface area contributed by atoms with E-state index in [0.717, 1.165) is 74.2 Å². The number of anilines is 1. The predicted octanol–water partition coefficient (Wildman–Crippen LogP) is 9.72. The lowest BCUT2D eigenvalue weighted by Gasteiger charge is -2.27. The van der Waals surface area contributed by atoms with Crippen LogP contribution < -0.4 is 4.90 Å². The van der Waals surface area contributed by atoms with Crippen LogP contribution in [0.15, 0.2) is 94.7 Å². The molecule has 1 fully saturated rings. The quantitative estimate of drug-likeness (QED) is 0.103. The Bertz CT molecular complexity index is 2020. The van der Waals surface area contributed by atoms with Crippen molar-refractivity contribution in [3.05, 3.63) is 106 Å². The third kappa shape index (κ3) is 8.78. The molecule has 2 aromatic carbocycles. The molecular weight excluding hydrogens is 726 g/mol. The third-order valence-electron chi connectivity index (χ3n) is 11.7. The number of hydrogen-bond donors (Lipinski definition) is 1. The maximum absolute atomic E-state index is 12.3. The van der Waals surface area contributed by atoms with E-state index in [2.05, 4.69) is 110 Å². The zero-order valence-corrected chi connectivity index (χ0v) is 34.0. The van der Waals surface area contributed by atoms with Gasteiger partial charge in [-0.25, -0.2) is 4.79 Å². The Hall–Kier alpha value is -4.76. The summed E-state index contributed by atoms with van der Waals surface area (Å²) in [6, 6.07) is 17.1. The number of halogens is 1. The second kappa shape index (κ2) is 17.6. The molecule has 2 aromatic rings. The van der Waals surface area contributed by atoms with E-state index < -0.39 is 23.8 Å². The highest BCUT2D eigenvalue weighted by Crippen LogP contribution is 2.48. The van der Waals surface area contributed by atoms with Gasteiger partial charge >= 0.3 is 11.9 Å². The minimum atomic E-state index is -0.742. The summed E-state index contributed by atoms with van der Waals surface area (Å²) in [5.41, 5.74) is 9.22. The summed E-state index contributed by atoms with van der Waals surface area (Å²) in [6.45, 7) is 10.7. The third-order valence-corrected chi connectivity index (χ3v) is 12.2. The van der Waals surface area contributed by atoms with Crippen molar-refractivity contribution in [3.63, 3.8) is 0 Å². The van der Waals surface area contributed by atoms with Gasteiger partial charge in [0.05, 0.1) is 5.41 Å². The molecule has 1 N–H and O–H groups in total. The Morgan fingerprint density at radius 2 is 1.48 bits per heavy atom. The summed E-state index contributed by atoms with van der Waals surface area (Å²) in [7, 11) is 0. The van der Waals surface area contributed by atoms with E-state index in [0.29, 0.717) is 17.9 Å². The second-order valence-corrected chi connectivity index (χ2v) is 16.7. The SMILES string of the molecule is CC1(C)C(/C=C/C2=C(Cl)C(=C/C=C3/N(CCCCCC(=O)ON4C(=O)CCC4=O)c4ccccc4C3(C)C)/CCC2)=[N+](CCCCCC(=O)O)c2ccccc21. The molecule has 0 bridgehead atoms. The molecule has 6 rings (SSSR count). The van der Waals surface area contributed by atoms with Crippen LogP contribution in [0.25, 0.3) is 0 Å². The van der Waals surface area contributed by atoms with Crippen LogP contribution in [0.2, 0.25) is 0 Å². The minimum Gasteiger partial charge on any atom is -0.481 e. The average Bonchev–Trinajstić information content (AvgIpc) is 3.68. The van der Waals surface area contributed by atoms with Gasteiger partial charge in [0.15, 0.2) is 5.71 Å². The molecule has 56 heavy (non-hydrogen) atoms. The zero-order chi connectivity index (χ0) is 40.0. The number of benzene rings is 2. The molecule has 0 unspecified atom stereocenters. The van der Waals surface area contributed by atoms with Gasteiger partial charge in [-0.2, -0.15) is 4.58 Å². The van der Waals surface area contributed by atoms with Crippen molar-refractivity contribution < 1.29 is 33.7 Å². The molecule has 9 nitrogen and oxygen atoms in total. The standard InChI is InChI=1S/C46H54ClN3O6/c1-45(2)34-18-9-11-20-36(34)48(30-13-5-7-22-42(53)54)38(45)26-24-32-16-15-17-33(44(32)47)25-27-39-46(3,4)35-19-10-12-21-37(35)49(39)31-14-6-8-23-43(55)56-50-40(51)28-29-41(50)52/h9-12,18-21,24-27H,5-8,13-17,22-23,28-31H2,1-4H3/p+1. The fourth-order valence-electron chi connectivity index (χ4n) is 8.58. The normalized spacial score (nSPS) is 20.2. The number of imide groups is 1. The molecule has 0 saturated carbocycles. The van der Waals surface area contributed by atoms with Crippen LogP contribution in [0.3, 0.4) is 0 Å². The van der Waals surface area contributed by atoms with Crippen molar-refractivity contribution >= 4 is 52.4 Å². The van der Waals surface area contributed by atoms with E-state index in [4.69, 9.17) is 21.5 Å². The molecule has 0 radical (unpaired) electrons. The number of carboxylic acids is 1. The van der Waals surface area contributed by atoms with Gasteiger partial charge in [-0.05, 0) is 87.6 Å². The van der Waals surface area contributed by atoms with E-state index >= 15 is 0 Å². The summed E-state index contributed by atoms with van der Waals surface area (Å²) in [5.74, 6) is -2.23. The van der Waals surface area contributed by atoms with Gasteiger partial charge in [0.1, 0.15) is 6.54 Å². The van der Waals surface area contributed by atoms with Crippen LogP contribution in [0, 0.1) is 0 Å². The van der Waals surface area contributed by atoms with Crippen LogP contribution in [-0.2, 0) is 34.8 Å². The van der Waals surface area contributed by atoms with Gasteiger partial charge < -0.3 is 14.8 Å². The first kappa shape index (κ1) is 40.9. The number of carbonyl (C=O) groups excluding carboxylic acids is 3. The fraction of sp³-hybridized carbons (Fsp3) is 0.457. The van der Waals surface area contributed by atoms with Crippen molar-refractivity contribution in [3.8, 4) is 0 Å². The largest absolute Gasteiger partial charge is 0.481 e. The van der Waals surface area contributed by atoms with E-state index in [9.17, 15) is 19.2 Å². The van der Waals surface area contributed by atoms with Gasteiger partial charge in [-0.15, -0.1) is 5.06 Å². The molecule has 0 atom stereocenters. The predicted molar refractivity (Wildman–Crippen MR) is 220 cm³/mol. The molecule has 0 spiro atoms. The van der Waals surface area contributed by atoms with E-state index in [1.807, 2.05) is 0 Å². The smallest absolute Gasteiger partial charge is 0.333 e. The van der Waals surface area contributed by atoms with Crippen molar-refractivity contribution in [1.82, 2.24) is 5.06 Å². The highest BCUT2D eigenvalue weighted by atomic mass is 35.5. The van der Waals surface area contributed by atoms with Crippen molar-refractivity contribution in [2.45, 2.75) is 122 Å². The zero-order valence-electron chi connectivity index (χ0n) is 33.2. The molecule has 4 aliphatic rings. The second-order valence-electron chi connectivity index (χ2n) is 16.3. The number of fused-ring (bicyclic) bond motifs is 2. The molecule has 0 aromatic heterocycles. The van der Waals surface area contributed by atoms with E-state index in [1.54, 1.807) is 0 Å². The first-order valence-electron chi connectivity index (χ1n) is 20.2. The molecule has 296 valence electrons. The van der Waals surface area contributed by atoms with Crippen LogP contribution in [0.5, 0.6) is 0 Å². The number of para-hydroxylation sites is 2. The number of allylic oxidation sites excluding steroid dienone is 8. The van der Waals surface area contributed by atoms with Gasteiger partial charge in [0.2, 0.25) is 5.69 Å². The lowest BCUT2D eigenvalue weighted by atomic mass is 9.81. The summed E-state index contributed by atoms with van der Waals surface area (Å²) in [5, 5.41) is 10.5. The van der Waals surface area contributed by atoms with Gasteiger partial charge in [0.25, 0.3) is 11.8 Å². The maximum atomic E-state index is 12.3. The van der Waals surface area contributed by atoms with Crippen LogP contribution >= 0.6 is 11.6 Å². The minimum absolute atomic E-state index is 0.0838. The first-order valence-corrected chi connectivity index (χ1v) is 20.6. The summed E-state index contributed by atoms with van der Waals surface area (Å²) in [6.07, 6.45) is 16.9. The van der Waals surface area contributed by atoms with Crippen LogP contribution in [0.4, 0.5) is 11.4 Å². The lowest BCUT2D eigenvalue weighted by molar-refractivity contribution is -0.438. The number of aliphatic carboxylic acids is 1. The summed E-state index contributed by atoms with van der Waals surface area (Å²) < 4.78 is 2.41. The lowest BCUT2D eigenvalue weighted by Crippen LogP contribution is -2.32. The van der Waals surface area contributed by atoms with Crippen molar-refractivity contribution in [2.24, 2.45) is 0 Å². The van der Waals surface area contributed by atoms with Gasteiger partial charge in [-0.1, -0.05) is 80.4 Å². The number of nitrogens with zero attached hydrogens (tertiary/aromatic N) is 3. The van der Waals surface area contributed by atoms with E-state index in [-0.39, 0.29) is 36.5 Å². The molecular formula is C46H55ClN3O6+. The number of carbonyl (C=O) groups is 4. The highest BCUT2D eigenvalue weighted by Gasteiger charge is 2.44. The molecule has 10 heteroatoms. The first-order chi connectivity index (χ1) is 26.8. The Labute approximate surface area is 336 Å². The number of unbranched alkanes of at least 4 members (excludes halogenated alkanes) is 4. The monoisotopic (exact) mass is 780 g/mol. The van der Waals surface area contributed by atoms with Crippen LogP contribution in [-0.4, -0.2) is 57.3 Å². The van der Waals surface area contributed by atoms with Gasteiger partial charge in [0, 0.05) is 78.2 Å². The average molecular weight is 781 g/mol. The highest BCUT2D eigenvalue weighted by molar-refractivity contribution is 6.32.